The fourth-order valence-corrected chi connectivity index (χ4v) is 2.31. The summed E-state index contributed by atoms with van der Waals surface area (Å²) in [4.78, 5) is 11.0. The summed E-state index contributed by atoms with van der Waals surface area (Å²) < 4.78 is 12.2. The standard InChI is InChI=1S/C16H15IO4/c1-2-20-14-6-4-3-5-12(14)10-21-15-9-11(16(18)19)7-8-13(15)17/h3-9H,2,10H2,1H3,(H,18,19). The lowest BCUT2D eigenvalue weighted by Gasteiger charge is -2.12. The van der Waals surface area contributed by atoms with Crippen molar-refractivity contribution in [1.82, 2.24) is 0 Å². The highest BCUT2D eigenvalue weighted by Gasteiger charge is 2.09. The third kappa shape index (κ3) is 4.10. The predicted octanol–water partition coefficient (Wildman–Crippen LogP) is 3.97. The average molecular weight is 398 g/mol. The molecule has 0 radical (unpaired) electrons. The second kappa shape index (κ2) is 7.31. The number of aromatic carboxylic acids is 1. The van der Waals surface area contributed by atoms with Gasteiger partial charge in [-0.15, -0.1) is 0 Å². The highest BCUT2D eigenvalue weighted by Crippen LogP contribution is 2.25. The van der Waals surface area contributed by atoms with Crippen LogP contribution in [0.3, 0.4) is 0 Å². The Hall–Kier alpha value is -1.76. The first-order chi connectivity index (χ1) is 10.1. The summed E-state index contributed by atoms with van der Waals surface area (Å²) in [6, 6.07) is 12.5. The summed E-state index contributed by atoms with van der Waals surface area (Å²) in [6.45, 7) is 2.84. The molecule has 1 N–H and O–H groups in total. The normalized spacial score (nSPS) is 10.2. The van der Waals surface area contributed by atoms with Crippen molar-refractivity contribution in [2.45, 2.75) is 13.5 Å². The summed E-state index contributed by atoms with van der Waals surface area (Å²) in [5.41, 5.74) is 1.14. The fourth-order valence-electron chi connectivity index (χ4n) is 1.82. The molecule has 0 unspecified atom stereocenters. The van der Waals surface area contributed by atoms with E-state index in [1.165, 1.54) is 6.07 Å². The van der Waals surface area contributed by atoms with Gasteiger partial charge in [0.1, 0.15) is 18.1 Å². The van der Waals surface area contributed by atoms with Crippen LogP contribution in [0.5, 0.6) is 11.5 Å². The molecule has 2 aromatic carbocycles. The second-order valence-corrected chi connectivity index (χ2v) is 5.44. The van der Waals surface area contributed by atoms with E-state index in [0.717, 1.165) is 14.9 Å². The number of ether oxygens (including phenoxy) is 2. The molecule has 0 bridgehead atoms. The largest absolute Gasteiger partial charge is 0.493 e. The molecule has 0 atom stereocenters. The Morgan fingerprint density at radius 3 is 2.62 bits per heavy atom. The number of hydrogen-bond acceptors (Lipinski definition) is 3. The maximum Gasteiger partial charge on any atom is 0.335 e. The molecule has 0 aromatic heterocycles. The molecule has 0 aliphatic rings. The van der Waals surface area contributed by atoms with Gasteiger partial charge < -0.3 is 14.6 Å². The van der Waals surface area contributed by atoms with E-state index in [0.29, 0.717) is 19.0 Å². The molecular formula is C16H15IO4. The summed E-state index contributed by atoms with van der Waals surface area (Å²) in [5, 5.41) is 9.02. The Kier molecular flexibility index (Phi) is 5.44. The molecule has 5 heteroatoms. The first-order valence-corrected chi connectivity index (χ1v) is 7.56. The SMILES string of the molecule is CCOc1ccccc1COc1cc(C(=O)O)ccc1I. The minimum absolute atomic E-state index is 0.212. The van der Waals surface area contributed by atoms with Gasteiger partial charge in [-0.1, -0.05) is 18.2 Å². The first-order valence-electron chi connectivity index (χ1n) is 6.48. The maximum absolute atomic E-state index is 11.0. The van der Waals surface area contributed by atoms with Gasteiger partial charge in [-0.05, 0) is 53.8 Å². The van der Waals surface area contributed by atoms with Crippen LogP contribution in [0, 0.1) is 3.57 Å². The number of carbonyl (C=O) groups is 1. The fraction of sp³-hybridized carbons (Fsp3) is 0.188. The van der Waals surface area contributed by atoms with E-state index in [1.807, 2.05) is 31.2 Å². The Balaban J connectivity index is 2.16. The monoisotopic (exact) mass is 398 g/mol. The van der Waals surface area contributed by atoms with Crippen LogP contribution in [0.25, 0.3) is 0 Å². The topological polar surface area (TPSA) is 55.8 Å². The first kappa shape index (κ1) is 15.6. The van der Waals surface area contributed by atoms with Gasteiger partial charge in [-0.25, -0.2) is 4.79 Å². The van der Waals surface area contributed by atoms with Gasteiger partial charge in [-0.3, -0.25) is 0 Å². The van der Waals surface area contributed by atoms with Crippen molar-refractivity contribution in [1.29, 1.82) is 0 Å². The zero-order valence-corrected chi connectivity index (χ0v) is 13.7. The lowest BCUT2D eigenvalue weighted by atomic mass is 10.2. The Morgan fingerprint density at radius 1 is 1.14 bits per heavy atom. The number of para-hydroxylation sites is 1. The smallest absolute Gasteiger partial charge is 0.335 e. The van der Waals surface area contributed by atoms with Crippen molar-refractivity contribution in [3.8, 4) is 11.5 Å². The lowest BCUT2D eigenvalue weighted by molar-refractivity contribution is 0.0696. The van der Waals surface area contributed by atoms with Crippen LogP contribution in [0.4, 0.5) is 0 Å². The second-order valence-electron chi connectivity index (χ2n) is 4.28. The molecule has 0 heterocycles. The molecule has 21 heavy (non-hydrogen) atoms. The van der Waals surface area contributed by atoms with Gasteiger partial charge in [-0.2, -0.15) is 0 Å². The number of rotatable bonds is 6. The van der Waals surface area contributed by atoms with Crippen LogP contribution < -0.4 is 9.47 Å². The van der Waals surface area contributed by atoms with Gasteiger partial charge in [0.05, 0.1) is 15.7 Å². The Morgan fingerprint density at radius 2 is 1.90 bits per heavy atom. The minimum Gasteiger partial charge on any atom is -0.493 e. The van der Waals surface area contributed by atoms with E-state index >= 15 is 0 Å². The number of benzene rings is 2. The summed E-state index contributed by atoms with van der Waals surface area (Å²) in [7, 11) is 0. The highest BCUT2D eigenvalue weighted by atomic mass is 127. The predicted molar refractivity (Wildman–Crippen MR) is 88.1 cm³/mol. The number of halogens is 1. The highest BCUT2D eigenvalue weighted by molar-refractivity contribution is 14.1. The van der Waals surface area contributed by atoms with Gasteiger partial charge in [0.25, 0.3) is 0 Å². The van der Waals surface area contributed by atoms with E-state index in [1.54, 1.807) is 12.1 Å². The number of carboxylic acids is 1. The number of carboxylic acid groups (broad SMARTS) is 1. The van der Waals surface area contributed by atoms with E-state index in [4.69, 9.17) is 14.6 Å². The molecule has 0 spiro atoms. The molecule has 110 valence electrons. The van der Waals surface area contributed by atoms with Crippen molar-refractivity contribution in [2.24, 2.45) is 0 Å². The van der Waals surface area contributed by atoms with Crippen molar-refractivity contribution >= 4 is 28.6 Å². The zero-order chi connectivity index (χ0) is 15.2. The molecule has 4 nitrogen and oxygen atoms in total. The van der Waals surface area contributed by atoms with Crippen molar-refractivity contribution in [2.75, 3.05) is 6.61 Å². The lowest BCUT2D eigenvalue weighted by Crippen LogP contribution is -2.03. The molecule has 0 fully saturated rings. The molecule has 0 saturated carbocycles. The Labute approximate surface area is 136 Å². The summed E-state index contributed by atoms with van der Waals surface area (Å²) in [5.74, 6) is 0.372. The van der Waals surface area contributed by atoms with Gasteiger partial charge in [0, 0.05) is 5.56 Å². The van der Waals surface area contributed by atoms with Crippen LogP contribution in [0.15, 0.2) is 42.5 Å². The third-order valence-electron chi connectivity index (χ3n) is 2.83. The van der Waals surface area contributed by atoms with Crippen LogP contribution in [0.2, 0.25) is 0 Å². The molecule has 2 rings (SSSR count). The van der Waals surface area contributed by atoms with Crippen LogP contribution in [-0.4, -0.2) is 17.7 Å². The summed E-state index contributed by atoms with van der Waals surface area (Å²) in [6.07, 6.45) is 0. The molecule has 2 aromatic rings. The minimum atomic E-state index is -0.967. The average Bonchev–Trinajstić information content (AvgIpc) is 2.48. The Bertz CT molecular complexity index is 640. The van der Waals surface area contributed by atoms with Gasteiger partial charge in [0.15, 0.2) is 0 Å². The van der Waals surface area contributed by atoms with E-state index in [2.05, 4.69) is 22.6 Å². The van der Waals surface area contributed by atoms with E-state index in [-0.39, 0.29) is 5.56 Å². The van der Waals surface area contributed by atoms with E-state index < -0.39 is 5.97 Å². The maximum atomic E-state index is 11.0. The molecule has 0 aliphatic carbocycles. The van der Waals surface area contributed by atoms with Crippen LogP contribution >= 0.6 is 22.6 Å². The summed E-state index contributed by atoms with van der Waals surface area (Å²) >= 11 is 2.12. The van der Waals surface area contributed by atoms with Crippen LogP contribution in [-0.2, 0) is 6.61 Å². The molecule has 0 aliphatic heterocycles. The van der Waals surface area contributed by atoms with Crippen molar-refractivity contribution < 1.29 is 19.4 Å². The molecule has 0 amide bonds. The zero-order valence-electron chi connectivity index (χ0n) is 11.5. The third-order valence-corrected chi connectivity index (χ3v) is 3.72. The van der Waals surface area contributed by atoms with Crippen molar-refractivity contribution in [3.63, 3.8) is 0 Å². The number of hydrogen-bond donors (Lipinski definition) is 1. The molecular weight excluding hydrogens is 383 g/mol. The van der Waals surface area contributed by atoms with Gasteiger partial charge in [0.2, 0.25) is 0 Å². The molecule has 0 saturated heterocycles. The van der Waals surface area contributed by atoms with Gasteiger partial charge >= 0.3 is 5.97 Å². The van der Waals surface area contributed by atoms with E-state index in [9.17, 15) is 4.79 Å². The van der Waals surface area contributed by atoms with Crippen molar-refractivity contribution in [3.05, 3.63) is 57.2 Å². The quantitative estimate of drug-likeness (QED) is 0.749. The van der Waals surface area contributed by atoms with Crippen LogP contribution in [0.1, 0.15) is 22.8 Å².